The molecule has 178 valence electrons. The monoisotopic (exact) mass is 493 g/mol. The first-order chi connectivity index (χ1) is 15.8. The van der Waals surface area contributed by atoms with Gasteiger partial charge in [0.25, 0.3) is 0 Å². The van der Waals surface area contributed by atoms with E-state index in [1.165, 1.54) is 0 Å². The number of benzene rings is 1. The summed E-state index contributed by atoms with van der Waals surface area (Å²) >= 11 is 6.32. The summed E-state index contributed by atoms with van der Waals surface area (Å²) in [6, 6.07) is 5.41. The van der Waals surface area contributed by atoms with E-state index in [4.69, 9.17) is 26.1 Å². The van der Waals surface area contributed by atoms with Gasteiger partial charge in [-0.3, -0.25) is 4.40 Å². The summed E-state index contributed by atoms with van der Waals surface area (Å²) in [6.07, 6.45) is 5.87. The highest BCUT2D eigenvalue weighted by Crippen LogP contribution is 2.38. The van der Waals surface area contributed by atoms with Crippen molar-refractivity contribution >= 4 is 33.2 Å². The number of sulfonamides is 1. The molecule has 1 N–H and O–H groups in total. The van der Waals surface area contributed by atoms with Gasteiger partial charge in [-0.2, -0.15) is 4.98 Å². The van der Waals surface area contributed by atoms with Gasteiger partial charge in [-0.1, -0.05) is 18.5 Å². The van der Waals surface area contributed by atoms with Crippen molar-refractivity contribution in [2.75, 3.05) is 38.0 Å². The lowest BCUT2D eigenvalue weighted by molar-refractivity contribution is 0.395. The van der Waals surface area contributed by atoms with Crippen molar-refractivity contribution in [1.29, 1.82) is 0 Å². The number of fused-ring (bicyclic) bond motifs is 1. The van der Waals surface area contributed by atoms with E-state index in [0.717, 1.165) is 37.3 Å². The lowest BCUT2D eigenvalue weighted by Crippen LogP contribution is -2.45. The van der Waals surface area contributed by atoms with Gasteiger partial charge in [0.15, 0.2) is 0 Å². The predicted molar refractivity (Wildman–Crippen MR) is 129 cm³/mol. The number of methoxy groups -OCH3 is 2. The van der Waals surface area contributed by atoms with Crippen LogP contribution >= 0.6 is 11.6 Å². The van der Waals surface area contributed by atoms with Crippen molar-refractivity contribution in [2.45, 2.75) is 32.2 Å². The third-order valence-electron chi connectivity index (χ3n) is 5.70. The van der Waals surface area contributed by atoms with Gasteiger partial charge < -0.3 is 14.4 Å². The zero-order chi connectivity index (χ0) is 23.6. The third kappa shape index (κ3) is 5.18. The maximum atomic E-state index is 12.0. The van der Waals surface area contributed by atoms with Crippen LogP contribution in [0.25, 0.3) is 17.0 Å². The lowest BCUT2D eigenvalue weighted by atomic mass is 10.1. The number of rotatable bonds is 8. The summed E-state index contributed by atoms with van der Waals surface area (Å²) < 4.78 is 39.5. The van der Waals surface area contributed by atoms with Crippen LogP contribution in [0.1, 0.15) is 26.2 Å². The fraction of sp³-hybridized carbons (Fsp3) is 0.455. The molecule has 33 heavy (non-hydrogen) atoms. The lowest BCUT2D eigenvalue weighted by Gasteiger charge is -2.32. The van der Waals surface area contributed by atoms with Gasteiger partial charge in [0.1, 0.15) is 17.3 Å². The predicted octanol–water partition coefficient (Wildman–Crippen LogP) is 3.37. The molecule has 1 aliphatic heterocycles. The molecule has 0 unspecified atom stereocenters. The van der Waals surface area contributed by atoms with E-state index in [9.17, 15) is 8.42 Å². The molecule has 1 aliphatic rings. The quantitative estimate of drug-likeness (QED) is 0.513. The molecule has 0 bridgehead atoms. The highest BCUT2D eigenvalue weighted by molar-refractivity contribution is 7.89. The van der Waals surface area contributed by atoms with Crippen LogP contribution in [0, 0.1) is 0 Å². The van der Waals surface area contributed by atoms with Crippen molar-refractivity contribution in [2.24, 2.45) is 0 Å². The minimum Gasteiger partial charge on any atom is -0.496 e. The summed E-state index contributed by atoms with van der Waals surface area (Å²) in [4.78, 5) is 11.6. The van der Waals surface area contributed by atoms with Crippen LogP contribution < -0.4 is 19.1 Å². The average Bonchev–Trinajstić information content (AvgIpc) is 3.22. The number of halogens is 1. The molecule has 9 nitrogen and oxygen atoms in total. The van der Waals surface area contributed by atoms with Gasteiger partial charge in [0, 0.05) is 43.2 Å². The number of hydrogen-bond acceptors (Lipinski definition) is 7. The molecular formula is C22H28ClN5O4S. The maximum Gasteiger partial charge on any atom is 0.236 e. The summed E-state index contributed by atoms with van der Waals surface area (Å²) in [5.74, 6) is 2.67. The molecule has 0 atom stereocenters. The second-order valence-corrected chi connectivity index (χ2v) is 10.3. The smallest absolute Gasteiger partial charge is 0.236 e. The minimum atomic E-state index is -3.20. The molecule has 1 saturated heterocycles. The first-order valence-electron chi connectivity index (χ1n) is 10.9. The summed E-state index contributed by atoms with van der Waals surface area (Å²) in [6.45, 7) is 3.31. The second-order valence-electron chi connectivity index (χ2n) is 8.00. The van der Waals surface area contributed by atoms with Gasteiger partial charge in [-0.05, 0) is 31.4 Å². The van der Waals surface area contributed by atoms with Crippen LogP contribution in [-0.4, -0.2) is 61.9 Å². The molecule has 0 saturated carbocycles. The fourth-order valence-corrected chi connectivity index (χ4v) is 5.68. The number of hydrogen-bond donors (Lipinski definition) is 1. The zero-order valence-corrected chi connectivity index (χ0v) is 20.5. The molecular weight excluding hydrogens is 466 g/mol. The number of aromatic nitrogens is 3. The first-order valence-corrected chi connectivity index (χ1v) is 12.9. The molecule has 11 heteroatoms. The maximum absolute atomic E-state index is 12.0. The van der Waals surface area contributed by atoms with Gasteiger partial charge >= 0.3 is 0 Å². The van der Waals surface area contributed by atoms with E-state index in [1.807, 2.05) is 29.8 Å². The highest BCUT2D eigenvalue weighted by atomic mass is 35.5. The van der Waals surface area contributed by atoms with E-state index in [0.29, 0.717) is 34.4 Å². The molecule has 1 fully saturated rings. The van der Waals surface area contributed by atoms with E-state index in [2.05, 4.69) is 14.6 Å². The van der Waals surface area contributed by atoms with E-state index >= 15 is 0 Å². The van der Waals surface area contributed by atoms with Crippen molar-refractivity contribution in [3.63, 3.8) is 0 Å². The van der Waals surface area contributed by atoms with Gasteiger partial charge in [0.05, 0.1) is 30.7 Å². The van der Waals surface area contributed by atoms with Crippen LogP contribution in [-0.2, 0) is 10.0 Å². The SMILES string of the molecule is CCCS(=O)(=O)NC1CCN(c2ccn3cc(-c4cc(Cl)c(OC)cc4OC)nc3n2)CC1. The Hall–Kier alpha value is -2.56. The van der Waals surface area contributed by atoms with Crippen LogP contribution in [0.5, 0.6) is 11.5 Å². The number of nitrogens with one attached hydrogen (secondary N) is 1. The average molecular weight is 494 g/mol. The van der Waals surface area contributed by atoms with Gasteiger partial charge in [0.2, 0.25) is 15.8 Å². The van der Waals surface area contributed by atoms with Gasteiger partial charge in [-0.25, -0.2) is 18.1 Å². The Balaban J connectivity index is 1.52. The number of ether oxygens (including phenoxy) is 2. The Morgan fingerprint density at radius 2 is 1.88 bits per heavy atom. The highest BCUT2D eigenvalue weighted by Gasteiger charge is 2.24. The molecule has 3 heterocycles. The Bertz CT molecular complexity index is 1240. The normalized spacial score (nSPS) is 15.2. The molecule has 0 spiro atoms. The number of anilines is 1. The van der Waals surface area contributed by atoms with Crippen molar-refractivity contribution in [3.05, 3.63) is 35.6 Å². The number of imidazole rings is 1. The number of nitrogens with zero attached hydrogens (tertiary/aromatic N) is 4. The molecule has 2 aromatic heterocycles. The fourth-order valence-electron chi connectivity index (χ4n) is 4.04. The van der Waals surface area contributed by atoms with E-state index in [1.54, 1.807) is 26.4 Å². The third-order valence-corrected chi connectivity index (χ3v) is 7.63. The van der Waals surface area contributed by atoms with Crippen LogP contribution in [0.15, 0.2) is 30.6 Å². The van der Waals surface area contributed by atoms with E-state index in [-0.39, 0.29) is 11.8 Å². The Morgan fingerprint density at radius 1 is 1.15 bits per heavy atom. The molecule has 3 aromatic rings. The van der Waals surface area contributed by atoms with Crippen LogP contribution in [0.2, 0.25) is 5.02 Å². The molecule has 0 amide bonds. The van der Waals surface area contributed by atoms with Crippen molar-refractivity contribution in [1.82, 2.24) is 19.1 Å². The summed E-state index contributed by atoms with van der Waals surface area (Å²) in [7, 11) is -0.0613. The molecule has 1 aromatic carbocycles. The van der Waals surface area contributed by atoms with E-state index < -0.39 is 10.0 Å². The minimum absolute atomic E-state index is 0.0353. The van der Waals surface area contributed by atoms with Crippen LogP contribution in [0.3, 0.4) is 0 Å². The molecule has 4 rings (SSSR count). The topological polar surface area (TPSA) is 98.1 Å². The molecule has 0 radical (unpaired) electrons. The largest absolute Gasteiger partial charge is 0.496 e. The standard InChI is InChI=1S/C22H28ClN5O4S/c1-4-11-33(29,30)26-15-5-8-27(9-6-15)21-7-10-28-14-18(24-22(28)25-21)16-12-17(23)20(32-3)13-19(16)31-2/h7,10,12-15,26H,4-6,8-9,11H2,1-3H3. The first kappa shape index (κ1) is 23.6. The van der Waals surface area contributed by atoms with Crippen LogP contribution in [0.4, 0.5) is 5.82 Å². The molecule has 0 aliphatic carbocycles. The van der Waals surface area contributed by atoms with Crippen molar-refractivity contribution in [3.8, 4) is 22.8 Å². The number of piperidine rings is 1. The Labute approximate surface area is 198 Å². The van der Waals surface area contributed by atoms with Gasteiger partial charge in [-0.15, -0.1) is 0 Å². The van der Waals surface area contributed by atoms with Crippen molar-refractivity contribution < 1.29 is 17.9 Å². The second kappa shape index (κ2) is 9.74. The Morgan fingerprint density at radius 3 is 2.55 bits per heavy atom. The zero-order valence-electron chi connectivity index (χ0n) is 18.9. The Kier molecular flexibility index (Phi) is 6.96. The summed E-state index contributed by atoms with van der Waals surface area (Å²) in [5.41, 5.74) is 1.43. The summed E-state index contributed by atoms with van der Waals surface area (Å²) in [5, 5.41) is 0.469.